The number of rotatable bonds is 5. The number of carbonyl (C=O) groups excluding carboxylic acids is 1. The topological polar surface area (TPSA) is 57.0 Å². The molecule has 0 aliphatic carbocycles. The van der Waals surface area contributed by atoms with Crippen molar-refractivity contribution in [1.29, 1.82) is 0 Å². The van der Waals surface area contributed by atoms with Crippen molar-refractivity contribution in [3.63, 3.8) is 0 Å². The lowest BCUT2D eigenvalue weighted by Gasteiger charge is -2.00. The van der Waals surface area contributed by atoms with Gasteiger partial charge in [0.1, 0.15) is 12.2 Å². The van der Waals surface area contributed by atoms with Crippen molar-refractivity contribution >= 4 is 5.97 Å². The van der Waals surface area contributed by atoms with Crippen LogP contribution >= 0.6 is 0 Å². The summed E-state index contributed by atoms with van der Waals surface area (Å²) in [5.74, 6) is 1.71. The summed E-state index contributed by atoms with van der Waals surface area (Å²) in [5.41, 5.74) is 0. The van der Waals surface area contributed by atoms with Crippen LogP contribution in [0.2, 0.25) is 0 Å². The molecule has 90 valence electrons. The van der Waals surface area contributed by atoms with Gasteiger partial charge in [-0.1, -0.05) is 13.8 Å². The predicted molar refractivity (Wildman–Crippen MR) is 59.9 cm³/mol. The molecule has 1 aromatic rings. The fourth-order valence-electron chi connectivity index (χ4n) is 1.42. The van der Waals surface area contributed by atoms with E-state index in [4.69, 9.17) is 4.74 Å². The van der Waals surface area contributed by atoms with Crippen LogP contribution in [0.5, 0.6) is 0 Å². The van der Waals surface area contributed by atoms with Gasteiger partial charge in [0, 0.05) is 13.5 Å². The zero-order chi connectivity index (χ0) is 12.1. The van der Waals surface area contributed by atoms with E-state index in [9.17, 15) is 4.79 Å². The number of esters is 1. The highest BCUT2D eigenvalue weighted by Gasteiger charge is 2.12. The molecule has 1 rings (SSSR count). The van der Waals surface area contributed by atoms with E-state index in [1.54, 1.807) is 18.7 Å². The highest BCUT2D eigenvalue weighted by molar-refractivity contribution is 5.71. The van der Waals surface area contributed by atoms with Crippen LogP contribution in [0.25, 0.3) is 0 Å². The standard InChI is InChI=1S/C11H19N3O2/c1-5-16-11(15)7-10-12-9(6-8(2)3)13-14(10)4/h8H,5-7H2,1-4H3. The van der Waals surface area contributed by atoms with E-state index < -0.39 is 0 Å². The molecular weight excluding hydrogens is 206 g/mol. The Hall–Kier alpha value is -1.39. The van der Waals surface area contributed by atoms with Gasteiger partial charge in [0.2, 0.25) is 0 Å². The SMILES string of the molecule is CCOC(=O)Cc1nc(CC(C)C)nn1C. The normalized spacial score (nSPS) is 10.8. The fourth-order valence-corrected chi connectivity index (χ4v) is 1.42. The van der Waals surface area contributed by atoms with Gasteiger partial charge in [-0.15, -0.1) is 0 Å². The van der Waals surface area contributed by atoms with Crippen LogP contribution in [0.1, 0.15) is 32.4 Å². The zero-order valence-corrected chi connectivity index (χ0v) is 10.4. The van der Waals surface area contributed by atoms with Crippen LogP contribution in [0, 0.1) is 5.92 Å². The molecule has 0 radical (unpaired) electrons. The summed E-state index contributed by atoms with van der Waals surface area (Å²) in [7, 11) is 1.80. The van der Waals surface area contributed by atoms with Crippen molar-refractivity contribution < 1.29 is 9.53 Å². The van der Waals surface area contributed by atoms with Crippen LogP contribution in [0.4, 0.5) is 0 Å². The lowest BCUT2D eigenvalue weighted by Crippen LogP contribution is -2.11. The average Bonchev–Trinajstić information content (AvgIpc) is 2.45. The van der Waals surface area contributed by atoms with Gasteiger partial charge in [-0.3, -0.25) is 9.48 Å². The van der Waals surface area contributed by atoms with Crippen molar-refractivity contribution in [1.82, 2.24) is 14.8 Å². The first-order valence-electron chi connectivity index (χ1n) is 5.57. The summed E-state index contributed by atoms with van der Waals surface area (Å²) >= 11 is 0. The number of carbonyl (C=O) groups is 1. The molecule has 0 amide bonds. The second-order valence-corrected chi connectivity index (χ2v) is 4.15. The second kappa shape index (κ2) is 5.63. The number of aryl methyl sites for hydroxylation is 1. The van der Waals surface area contributed by atoms with Gasteiger partial charge < -0.3 is 4.74 Å². The Labute approximate surface area is 95.8 Å². The average molecular weight is 225 g/mol. The molecule has 0 aromatic carbocycles. The maximum Gasteiger partial charge on any atom is 0.313 e. The Kier molecular flexibility index (Phi) is 4.46. The smallest absolute Gasteiger partial charge is 0.313 e. The van der Waals surface area contributed by atoms with Crippen LogP contribution < -0.4 is 0 Å². The number of hydrogen-bond donors (Lipinski definition) is 0. The van der Waals surface area contributed by atoms with E-state index >= 15 is 0 Å². The molecule has 0 fully saturated rings. The van der Waals surface area contributed by atoms with Crippen molar-refractivity contribution in [3.8, 4) is 0 Å². The van der Waals surface area contributed by atoms with Gasteiger partial charge in [0.05, 0.1) is 6.61 Å². The third kappa shape index (κ3) is 3.64. The molecule has 0 saturated heterocycles. The summed E-state index contributed by atoms with van der Waals surface area (Å²) in [4.78, 5) is 15.6. The third-order valence-corrected chi connectivity index (χ3v) is 2.10. The van der Waals surface area contributed by atoms with Gasteiger partial charge in [0.25, 0.3) is 0 Å². The maximum absolute atomic E-state index is 11.3. The molecular formula is C11H19N3O2. The lowest BCUT2D eigenvalue weighted by molar-refractivity contribution is -0.142. The van der Waals surface area contributed by atoms with Gasteiger partial charge in [-0.2, -0.15) is 5.10 Å². The largest absolute Gasteiger partial charge is 0.466 e. The molecule has 1 heterocycles. The van der Waals surface area contributed by atoms with Crippen LogP contribution in [-0.2, 0) is 29.4 Å². The fraction of sp³-hybridized carbons (Fsp3) is 0.727. The Morgan fingerprint density at radius 1 is 1.50 bits per heavy atom. The van der Waals surface area contributed by atoms with Gasteiger partial charge in [0.15, 0.2) is 5.82 Å². The highest BCUT2D eigenvalue weighted by Crippen LogP contribution is 2.05. The van der Waals surface area contributed by atoms with Crippen LogP contribution in [-0.4, -0.2) is 27.3 Å². The first-order chi connectivity index (χ1) is 7.52. The van der Waals surface area contributed by atoms with Crippen molar-refractivity contribution in [2.45, 2.75) is 33.6 Å². The number of aromatic nitrogens is 3. The first kappa shape index (κ1) is 12.7. The molecule has 0 bridgehead atoms. The predicted octanol–water partition coefficient (Wildman–Crippen LogP) is 1.12. The molecule has 0 unspecified atom stereocenters. The summed E-state index contributed by atoms with van der Waals surface area (Å²) < 4.78 is 6.52. The molecule has 1 aromatic heterocycles. The number of ether oxygens (including phenoxy) is 1. The Morgan fingerprint density at radius 2 is 2.19 bits per heavy atom. The van der Waals surface area contributed by atoms with E-state index in [1.165, 1.54) is 0 Å². The van der Waals surface area contributed by atoms with Crippen LogP contribution in [0.3, 0.4) is 0 Å². The zero-order valence-electron chi connectivity index (χ0n) is 10.4. The molecule has 16 heavy (non-hydrogen) atoms. The van der Waals surface area contributed by atoms with E-state index in [-0.39, 0.29) is 12.4 Å². The van der Waals surface area contributed by atoms with Crippen molar-refractivity contribution in [3.05, 3.63) is 11.6 Å². The maximum atomic E-state index is 11.3. The van der Waals surface area contributed by atoms with Crippen molar-refractivity contribution in [2.24, 2.45) is 13.0 Å². The highest BCUT2D eigenvalue weighted by atomic mass is 16.5. The third-order valence-electron chi connectivity index (χ3n) is 2.10. The monoisotopic (exact) mass is 225 g/mol. The molecule has 0 spiro atoms. The summed E-state index contributed by atoms with van der Waals surface area (Å²) in [5, 5.41) is 4.26. The Bertz CT molecular complexity index is 358. The van der Waals surface area contributed by atoms with Gasteiger partial charge >= 0.3 is 5.97 Å². The minimum absolute atomic E-state index is 0.190. The molecule has 0 atom stereocenters. The number of hydrogen-bond acceptors (Lipinski definition) is 4. The lowest BCUT2D eigenvalue weighted by atomic mass is 10.1. The second-order valence-electron chi connectivity index (χ2n) is 4.15. The summed E-state index contributed by atoms with van der Waals surface area (Å²) in [6, 6.07) is 0. The Morgan fingerprint density at radius 3 is 2.75 bits per heavy atom. The molecule has 0 aliphatic heterocycles. The van der Waals surface area contributed by atoms with Gasteiger partial charge in [-0.05, 0) is 12.8 Å². The molecule has 5 nitrogen and oxygen atoms in total. The van der Waals surface area contributed by atoms with E-state index in [0.717, 1.165) is 12.2 Å². The van der Waals surface area contributed by atoms with E-state index in [0.29, 0.717) is 18.3 Å². The molecule has 0 aliphatic rings. The minimum Gasteiger partial charge on any atom is -0.466 e. The van der Waals surface area contributed by atoms with Crippen LogP contribution in [0.15, 0.2) is 0 Å². The quantitative estimate of drug-likeness (QED) is 0.705. The minimum atomic E-state index is -0.255. The Balaban J connectivity index is 2.66. The molecule has 5 heteroatoms. The number of nitrogens with zero attached hydrogens (tertiary/aromatic N) is 3. The molecule has 0 N–H and O–H groups in total. The summed E-state index contributed by atoms with van der Waals surface area (Å²) in [6.07, 6.45) is 1.02. The first-order valence-corrected chi connectivity index (χ1v) is 5.57. The van der Waals surface area contributed by atoms with Gasteiger partial charge in [-0.25, -0.2) is 4.98 Å². The molecule has 0 saturated carbocycles. The van der Waals surface area contributed by atoms with Crippen molar-refractivity contribution in [2.75, 3.05) is 6.61 Å². The summed E-state index contributed by atoms with van der Waals surface area (Å²) in [6.45, 7) is 6.41. The van der Waals surface area contributed by atoms with E-state index in [1.807, 2.05) is 0 Å². The van der Waals surface area contributed by atoms with E-state index in [2.05, 4.69) is 23.9 Å².